The van der Waals surface area contributed by atoms with Crippen molar-refractivity contribution in [3.05, 3.63) is 42.4 Å². The molecule has 14 heteroatoms. The van der Waals surface area contributed by atoms with E-state index in [0.29, 0.717) is 0 Å². The van der Waals surface area contributed by atoms with Gasteiger partial charge in [-0.2, -0.15) is 26.8 Å². The number of rotatable bonds is 3. The van der Waals surface area contributed by atoms with E-state index in [-0.39, 0.29) is 0 Å². The Labute approximate surface area is 146 Å². The molecule has 1 unspecified atom stereocenters. The number of halogens is 4. The number of alkyl halides is 1. The summed E-state index contributed by atoms with van der Waals surface area (Å²) in [4.78, 5) is 0. The van der Waals surface area contributed by atoms with Gasteiger partial charge in [0.1, 0.15) is 0 Å². The Morgan fingerprint density at radius 2 is 2.00 bits per heavy atom. The Hall–Kier alpha value is -1.56. The van der Waals surface area contributed by atoms with Crippen LogP contribution in [0.15, 0.2) is 42.4 Å². The second kappa shape index (κ2) is 8.21. The monoisotopic (exact) mass is 402 g/mol. The highest BCUT2D eigenvalue weighted by atomic mass is 32.3. The van der Waals surface area contributed by atoms with Crippen molar-refractivity contribution in [2.24, 2.45) is 0 Å². The first kappa shape index (κ1) is 19.8. The van der Waals surface area contributed by atoms with Crippen LogP contribution in [0.25, 0.3) is 0 Å². The molecule has 2 fully saturated rings. The largest absolute Gasteiger partial charge is 0.693 e. The quantitative estimate of drug-likeness (QED) is 0.459. The summed E-state index contributed by atoms with van der Waals surface area (Å²) in [7, 11) is -5.16. The molecule has 1 atom stereocenters. The molecule has 1 N–H and O–H groups in total. The average molecular weight is 402 g/mol. The van der Waals surface area contributed by atoms with Gasteiger partial charge in [-0.15, -0.1) is 9.47 Å². The van der Waals surface area contributed by atoms with E-state index < -0.39 is 56.4 Å². The summed E-state index contributed by atoms with van der Waals surface area (Å²) < 4.78 is 86.5. The number of hydrazine groups is 1. The Balaban J connectivity index is 0.000000185. The zero-order valence-electron chi connectivity index (χ0n) is 12.3. The lowest BCUT2D eigenvalue weighted by atomic mass is 10.3. The first-order valence-electron chi connectivity index (χ1n) is 6.52. The third-order valence-electron chi connectivity index (χ3n) is 2.62. The van der Waals surface area contributed by atoms with Crippen molar-refractivity contribution in [3.63, 3.8) is 0 Å². The summed E-state index contributed by atoms with van der Waals surface area (Å²) in [5.74, 6) is -6.19. The lowest BCUT2D eigenvalue weighted by molar-refractivity contribution is -0.0554. The minimum atomic E-state index is -5.16. The summed E-state index contributed by atoms with van der Waals surface area (Å²) >= 11 is -0.833. The van der Waals surface area contributed by atoms with Gasteiger partial charge in [-0.25, -0.2) is 0 Å². The minimum absolute atomic E-state index is 0.833. The lowest BCUT2D eigenvalue weighted by Crippen LogP contribution is -2.33. The maximum Gasteiger partial charge on any atom is 0.693 e. The second-order valence-corrected chi connectivity index (χ2v) is 6.77. The van der Waals surface area contributed by atoms with Gasteiger partial charge < -0.3 is 17.3 Å². The van der Waals surface area contributed by atoms with Crippen molar-refractivity contribution in [2.45, 2.75) is 5.85 Å². The Kier molecular flexibility index (Phi) is 6.49. The van der Waals surface area contributed by atoms with Crippen molar-refractivity contribution in [3.8, 4) is 0 Å². The highest BCUT2D eigenvalue weighted by Gasteiger charge is 2.46. The van der Waals surface area contributed by atoms with Gasteiger partial charge in [-0.3, -0.25) is 0 Å². The topological polar surface area (TPSA) is 86.3 Å². The summed E-state index contributed by atoms with van der Waals surface area (Å²) in [6.45, 7) is -1.09. The van der Waals surface area contributed by atoms with E-state index in [9.17, 15) is 25.5 Å². The zero-order valence-corrected chi connectivity index (χ0v) is 14.6. The van der Waals surface area contributed by atoms with E-state index in [1.807, 2.05) is 30.3 Å². The van der Waals surface area contributed by atoms with Gasteiger partial charge in [0.05, 0.1) is 5.69 Å². The van der Waals surface area contributed by atoms with Crippen LogP contribution < -0.4 is 10.8 Å². The molecule has 0 radical (unpaired) electrons. The summed E-state index contributed by atoms with van der Waals surface area (Å²) in [6, 6.07) is 9.73. The lowest BCUT2D eigenvalue weighted by Gasteiger charge is -2.15. The zero-order chi connectivity index (χ0) is 18.5. The van der Waals surface area contributed by atoms with E-state index in [1.54, 1.807) is 0 Å². The van der Waals surface area contributed by atoms with Crippen LogP contribution in [0.1, 0.15) is 0 Å². The van der Waals surface area contributed by atoms with Crippen LogP contribution in [0.4, 0.5) is 22.7 Å². The molecule has 25 heavy (non-hydrogen) atoms. The maximum atomic E-state index is 13.1. The van der Waals surface area contributed by atoms with Gasteiger partial charge >= 0.3 is 44.0 Å². The summed E-state index contributed by atoms with van der Waals surface area (Å²) in [5.41, 5.74) is 3.60. The summed E-state index contributed by atoms with van der Waals surface area (Å²) in [6.07, 6.45) is -2.44. The number of anilines is 1. The predicted molar refractivity (Wildman–Crippen MR) is 76.4 cm³/mol. The van der Waals surface area contributed by atoms with Crippen LogP contribution in [0, 0.1) is 0 Å². The molecular weight excluding hydrogens is 391 g/mol. The van der Waals surface area contributed by atoms with Crippen molar-refractivity contribution >= 4 is 31.8 Å². The SMILES string of the molecule is O=S(=O)(F)CC1(F)COC(=C(F)F)O1.c1ccc(N2N[O][AlH][O]2)cc1. The van der Waals surface area contributed by atoms with Crippen LogP contribution in [0.3, 0.4) is 0 Å². The summed E-state index contributed by atoms with van der Waals surface area (Å²) in [5, 5.41) is 1.53. The fourth-order valence-corrected chi connectivity index (χ4v) is 2.89. The Morgan fingerprint density at radius 1 is 1.32 bits per heavy atom. The van der Waals surface area contributed by atoms with Gasteiger partial charge in [0.25, 0.3) is 0 Å². The number of hydrogen-bond acceptors (Lipinski definition) is 8. The molecule has 0 aromatic heterocycles. The van der Waals surface area contributed by atoms with Crippen molar-refractivity contribution < 1.29 is 42.7 Å². The molecule has 0 amide bonds. The van der Waals surface area contributed by atoms with E-state index in [0.717, 1.165) is 5.69 Å². The van der Waals surface area contributed by atoms with Crippen LogP contribution in [0.2, 0.25) is 0 Å². The molecule has 3 rings (SSSR count). The maximum absolute atomic E-state index is 13.1. The fourth-order valence-electron chi connectivity index (χ4n) is 1.70. The van der Waals surface area contributed by atoms with E-state index in [4.69, 9.17) is 7.78 Å². The first-order chi connectivity index (χ1) is 11.7. The number of ether oxygens (including phenoxy) is 2. The molecule has 0 bridgehead atoms. The van der Waals surface area contributed by atoms with Gasteiger partial charge in [0.2, 0.25) is 0 Å². The van der Waals surface area contributed by atoms with E-state index in [2.05, 4.69) is 15.1 Å². The van der Waals surface area contributed by atoms with Gasteiger partial charge in [0.15, 0.2) is 12.4 Å². The molecule has 0 aliphatic carbocycles. The average Bonchev–Trinajstić information content (AvgIpc) is 3.17. The third kappa shape index (κ3) is 6.35. The molecule has 2 heterocycles. The van der Waals surface area contributed by atoms with Crippen LogP contribution in [-0.4, -0.2) is 42.5 Å². The smallest absolute Gasteiger partial charge is 0.454 e. The van der Waals surface area contributed by atoms with Gasteiger partial charge in [-0.1, -0.05) is 18.2 Å². The number of nitrogens with zero attached hydrogens (tertiary/aromatic N) is 1. The standard InChI is InChI=1S/C6H6N2O2.C5H4F4O4S.Al.H/c9-7-8(10)6-4-2-1-3-5-6;6-3(7)4-12-1-5(8,13-4)2-14(9,10)11;;/h1-5,7H;1-2H2;;/q-2;;+2;. The number of para-hydroxylation sites is 1. The highest BCUT2D eigenvalue weighted by molar-refractivity contribution is 7.86. The Bertz CT molecular complexity index is 715. The molecule has 2 saturated heterocycles. The Morgan fingerprint density at radius 3 is 2.48 bits per heavy atom. The van der Waals surface area contributed by atoms with Crippen LogP contribution >= 0.6 is 0 Å². The molecule has 8 nitrogen and oxygen atoms in total. The van der Waals surface area contributed by atoms with Crippen molar-refractivity contribution in [2.75, 3.05) is 17.5 Å². The molecule has 2 aliphatic rings. The molecule has 0 saturated carbocycles. The highest BCUT2D eigenvalue weighted by Crippen LogP contribution is 2.31. The molecular formula is C11H11AlF4N2O6S. The fraction of sp³-hybridized carbons (Fsp3) is 0.273. The predicted octanol–water partition coefficient (Wildman–Crippen LogP) is 1.20. The van der Waals surface area contributed by atoms with Crippen LogP contribution in [-0.2, 0) is 27.5 Å². The number of benzene rings is 1. The van der Waals surface area contributed by atoms with Crippen molar-refractivity contribution in [1.82, 2.24) is 5.59 Å². The molecule has 0 spiro atoms. The molecule has 2 aliphatic heterocycles. The minimum Gasteiger partial charge on any atom is -0.454 e. The molecule has 1 aromatic rings. The molecule has 1 aromatic carbocycles. The van der Waals surface area contributed by atoms with Crippen LogP contribution in [0.5, 0.6) is 0 Å². The molecule has 138 valence electrons. The number of nitrogens with one attached hydrogen (secondary N) is 1. The van der Waals surface area contributed by atoms with Gasteiger partial charge in [-0.05, 0) is 12.1 Å². The first-order valence-corrected chi connectivity index (χ1v) is 9.23. The van der Waals surface area contributed by atoms with Gasteiger partial charge in [0, 0.05) is 0 Å². The number of hydrogen-bond donors (Lipinski definition) is 1. The van der Waals surface area contributed by atoms with E-state index >= 15 is 0 Å². The van der Waals surface area contributed by atoms with E-state index in [1.165, 1.54) is 5.17 Å². The normalized spacial score (nSPS) is 22.4. The third-order valence-corrected chi connectivity index (χ3v) is 4.00. The second-order valence-electron chi connectivity index (χ2n) is 4.62. The van der Waals surface area contributed by atoms with Crippen molar-refractivity contribution in [1.29, 1.82) is 0 Å².